The van der Waals surface area contributed by atoms with Crippen LogP contribution in [0.4, 0.5) is 5.69 Å². The topological polar surface area (TPSA) is 53.9 Å². The van der Waals surface area contributed by atoms with Gasteiger partial charge in [-0.1, -0.05) is 19.1 Å². The number of ether oxygens (including phenoxy) is 1. The van der Waals surface area contributed by atoms with E-state index in [-0.39, 0.29) is 11.4 Å². The molecular weight excluding hydrogens is 362 g/mol. The maximum atomic E-state index is 12.5. The Hall–Kier alpha value is -2.82. The maximum Gasteiger partial charge on any atom is 0.275 e. The van der Waals surface area contributed by atoms with Crippen LogP contribution in [0.5, 0.6) is 5.75 Å². The van der Waals surface area contributed by atoms with Crippen LogP contribution in [0.3, 0.4) is 0 Å². The van der Waals surface area contributed by atoms with E-state index in [1.807, 2.05) is 19.1 Å². The first-order valence-corrected chi connectivity index (χ1v) is 10.2. The van der Waals surface area contributed by atoms with Crippen LogP contribution < -0.4 is 15.1 Å². The predicted octanol–water partition coefficient (Wildman–Crippen LogP) is 4.88. The number of nitrogens with one attached hydrogen (secondary N) is 1. The molecule has 0 saturated carbocycles. The molecule has 154 valence electrons. The molecule has 2 aromatic rings. The monoisotopic (exact) mass is 393 g/mol. The molecule has 0 saturated heterocycles. The molecule has 0 unspecified atom stereocenters. The lowest BCUT2D eigenvalue weighted by molar-refractivity contribution is 0.0952. The second-order valence-electron chi connectivity index (χ2n) is 8.38. The van der Waals surface area contributed by atoms with Crippen molar-refractivity contribution in [1.82, 2.24) is 5.43 Å². The number of hydrazone groups is 1. The highest BCUT2D eigenvalue weighted by molar-refractivity contribution is 5.97. The Bertz CT molecular complexity index is 934. The molecule has 29 heavy (non-hydrogen) atoms. The van der Waals surface area contributed by atoms with E-state index in [1.165, 1.54) is 11.3 Å². The van der Waals surface area contributed by atoms with E-state index in [0.717, 1.165) is 24.1 Å². The van der Waals surface area contributed by atoms with E-state index in [4.69, 9.17) is 4.74 Å². The molecule has 5 heteroatoms. The van der Waals surface area contributed by atoms with Gasteiger partial charge in [-0.25, -0.2) is 5.43 Å². The van der Waals surface area contributed by atoms with Crippen LogP contribution in [0.15, 0.2) is 41.5 Å². The van der Waals surface area contributed by atoms with E-state index in [0.29, 0.717) is 17.2 Å². The van der Waals surface area contributed by atoms with Gasteiger partial charge in [0.2, 0.25) is 0 Å². The fourth-order valence-corrected chi connectivity index (χ4v) is 4.40. The summed E-state index contributed by atoms with van der Waals surface area (Å²) >= 11 is 0. The molecule has 0 spiro atoms. The van der Waals surface area contributed by atoms with Crippen molar-refractivity contribution in [2.75, 3.05) is 18.6 Å². The molecule has 0 radical (unpaired) electrons. The van der Waals surface area contributed by atoms with Crippen molar-refractivity contribution in [3.63, 3.8) is 0 Å². The van der Waals surface area contributed by atoms with E-state index in [2.05, 4.69) is 61.3 Å². The van der Waals surface area contributed by atoms with Crippen molar-refractivity contribution in [2.45, 2.75) is 52.5 Å². The van der Waals surface area contributed by atoms with Crippen LogP contribution >= 0.6 is 0 Å². The molecule has 1 atom stereocenters. The number of carbonyl (C=O) groups excluding carboxylic acids is 1. The van der Waals surface area contributed by atoms with Crippen LogP contribution in [-0.4, -0.2) is 31.3 Å². The minimum Gasteiger partial charge on any atom is -0.496 e. The number of benzene rings is 2. The Kier molecular flexibility index (Phi) is 5.96. The molecule has 5 nitrogen and oxygen atoms in total. The van der Waals surface area contributed by atoms with Gasteiger partial charge in [-0.15, -0.1) is 0 Å². The lowest BCUT2D eigenvalue weighted by atomic mass is 9.79. The molecule has 1 amide bonds. The Morgan fingerprint density at radius 3 is 2.76 bits per heavy atom. The molecule has 0 aromatic heterocycles. The molecule has 2 aromatic carbocycles. The summed E-state index contributed by atoms with van der Waals surface area (Å²) in [6, 6.07) is 11.9. The SMILES string of the molecule is CCN1c2ccc(/C=N\NC(=O)c3ccc(C)cc3OC)cc2[C@@H](C)CC1(C)C. The van der Waals surface area contributed by atoms with Crippen LogP contribution in [-0.2, 0) is 0 Å². The Morgan fingerprint density at radius 2 is 2.07 bits per heavy atom. The predicted molar refractivity (Wildman–Crippen MR) is 119 cm³/mol. The highest BCUT2D eigenvalue weighted by Crippen LogP contribution is 2.43. The van der Waals surface area contributed by atoms with Crippen LogP contribution in [0, 0.1) is 6.92 Å². The number of anilines is 1. The zero-order chi connectivity index (χ0) is 21.2. The van der Waals surface area contributed by atoms with Gasteiger partial charge in [0.15, 0.2) is 0 Å². The van der Waals surface area contributed by atoms with Crippen molar-refractivity contribution < 1.29 is 9.53 Å². The zero-order valence-electron chi connectivity index (χ0n) is 18.2. The minimum atomic E-state index is -0.289. The summed E-state index contributed by atoms with van der Waals surface area (Å²) in [5.41, 5.74) is 7.86. The van der Waals surface area contributed by atoms with Crippen LogP contribution in [0.2, 0.25) is 0 Å². The van der Waals surface area contributed by atoms with Gasteiger partial charge in [-0.2, -0.15) is 5.10 Å². The normalized spacial score (nSPS) is 17.9. The van der Waals surface area contributed by atoms with Gasteiger partial charge in [-0.05, 0) is 81.0 Å². The van der Waals surface area contributed by atoms with Crippen molar-refractivity contribution in [2.24, 2.45) is 5.10 Å². The number of carbonyl (C=O) groups is 1. The third-order valence-electron chi connectivity index (χ3n) is 5.71. The second kappa shape index (κ2) is 8.27. The number of hydrogen-bond donors (Lipinski definition) is 1. The van der Waals surface area contributed by atoms with Gasteiger partial charge in [0.1, 0.15) is 5.75 Å². The van der Waals surface area contributed by atoms with Gasteiger partial charge in [0.25, 0.3) is 5.91 Å². The maximum absolute atomic E-state index is 12.5. The van der Waals surface area contributed by atoms with Gasteiger partial charge >= 0.3 is 0 Å². The van der Waals surface area contributed by atoms with Gasteiger partial charge in [-0.3, -0.25) is 4.79 Å². The molecule has 0 bridgehead atoms. The number of nitrogens with zero attached hydrogens (tertiary/aromatic N) is 2. The number of fused-ring (bicyclic) bond motifs is 1. The van der Waals surface area contributed by atoms with E-state index in [1.54, 1.807) is 19.4 Å². The van der Waals surface area contributed by atoms with E-state index < -0.39 is 0 Å². The van der Waals surface area contributed by atoms with Crippen LogP contribution in [0.1, 0.15) is 67.1 Å². The average Bonchev–Trinajstić information content (AvgIpc) is 2.67. The molecule has 3 rings (SSSR count). The summed E-state index contributed by atoms with van der Waals surface area (Å²) in [5, 5.41) is 4.16. The first-order chi connectivity index (χ1) is 13.8. The first-order valence-electron chi connectivity index (χ1n) is 10.2. The number of amides is 1. The minimum absolute atomic E-state index is 0.151. The molecule has 1 heterocycles. The van der Waals surface area contributed by atoms with Gasteiger partial charge < -0.3 is 9.64 Å². The molecule has 1 aliphatic rings. The molecule has 1 aliphatic heterocycles. The highest BCUT2D eigenvalue weighted by atomic mass is 16.5. The Morgan fingerprint density at radius 1 is 1.31 bits per heavy atom. The van der Waals surface area contributed by atoms with Crippen molar-refractivity contribution in [1.29, 1.82) is 0 Å². The fraction of sp³-hybridized carbons (Fsp3) is 0.417. The first kappa shape index (κ1) is 20.9. The fourth-order valence-electron chi connectivity index (χ4n) is 4.40. The number of rotatable bonds is 5. The van der Waals surface area contributed by atoms with E-state index >= 15 is 0 Å². The van der Waals surface area contributed by atoms with Crippen molar-refractivity contribution >= 4 is 17.8 Å². The van der Waals surface area contributed by atoms with Crippen molar-refractivity contribution in [3.05, 3.63) is 58.7 Å². The summed E-state index contributed by atoms with van der Waals surface area (Å²) < 4.78 is 5.31. The summed E-state index contributed by atoms with van der Waals surface area (Å²) in [5.74, 6) is 0.730. The number of methoxy groups -OCH3 is 1. The smallest absolute Gasteiger partial charge is 0.275 e. The lowest BCUT2D eigenvalue weighted by Crippen LogP contribution is -2.48. The molecule has 0 fully saturated rings. The number of hydrogen-bond acceptors (Lipinski definition) is 4. The average molecular weight is 394 g/mol. The van der Waals surface area contributed by atoms with Crippen LogP contribution in [0.25, 0.3) is 0 Å². The zero-order valence-corrected chi connectivity index (χ0v) is 18.2. The quantitative estimate of drug-likeness (QED) is 0.582. The van der Waals surface area contributed by atoms with Crippen molar-refractivity contribution in [3.8, 4) is 5.75 Å². The summed E-state index contributed by atoms with van der Waals surface area (Å²) in [4.78, 5) is 14.9. The summed E-state index contributed by atoms with van der Waals surface area (Å²) in [7, 11) is 1.56. The van der Waals surface area contributed by atoms with Gasteiger partial charge in [0, 0.05) is 17.8 Å². The Labute approximate surface area is 173 Å². The Balaban J connectivity index is 1.77. The lowest BCUT2D eigenvalue weighted by Gasteiger charge is -2.47. The van der Waals surface area contributed by atoms with Gasteiger partial charge in [0.05, 0.1) is 18.9 Å². The summed E-state index contributed by atoms with van der Waals surface area (Å²) in [6.45, 7) is 12.0. The van der Waals surface area contributed by atoms with E-state index in [9.17, 15) is 4.79 Å². The molecule has 0 aliphatic carbocycles. The number of aryl methyl sites for hydroxylation is 1. The third-order valence-corrected chi connectivity index (χ3v) is 5.71. The summed E-state index contributed by atoms with van der Waals surface area (Å²) in [6.07, 6.45) is 2.81. The highest BCUT2D eigenvalue weighted by Gasteiger charge is 2.35. The molecular formula is C24H31N3O2. The third kappa shape index (κ3) is 4.29. The molecule has 1 N–H and O–H groups in total. The second-order valence-corrected chi connectivity index (χ2v) is 8.38. The largest absolute Gasteiger partial charge is 0.496 e. The standard InChI is InChI=1S/C24H31N3O2/c1-7-27-21-11-9-18(13-20(21)17(3)14-24(27,4)5)15-25-26-23(28)19-10-8-16(2)12-22(19)29-6/h8-13,15,17H,7,14H2,1-6H3,(H,26,28)/b25-15-/t17-/m0/s1.